The minimum atomic E-state index is -0.148. The fourth-order valence-electron chi connectivity index (χ4n) is 2.66. The first kappa shape index (κ1) is 16.4. The normalized spacial score (nSPS) is 13.8. The minimum Gasteiger partial charge on any atom is -0.353 e. The first-order chi connectivity index (χ1) is 11.7. The van der Waals surface area contributed by atoms with Crippen LogP contribution in [0.2, 0.25) is 0 Å². The summed E-state index contributed by atoms with van der Waals surface area (Å²) in [7, 11) is 1.60. The van der Waals surface area contributed by atoms with Gasteiger partial charge < -0.3 is 15.5 Å². The number of hydrogen-bond donors (Lipinski definition) is 2. The van der Waals surface area contributed by atoms with Gasteiger partial charge in [-0.2, -0.15) is 0 Å². The standard InChI is InChI=1S/C17H20N4O2S/c1-18-15(22)16-20-13-7-9-21(10-8-14(13)24-16)17(23)19-11-12-5-3-2-4-6-12/h2-6H,7-11H2,1H3,(H,18,22)(H,19,23). The molecule has 24 heavy (non-hydrogen) atoms. The summed E-state index contributed by atoms with van der Waals surface area (Å²) in [5.74, 6) is -0.148. The van der Waals surface area contributed by atoms with Crippen LogP contribution in [-0.4, -0.2) is 42.0 Å². The van der Waals surface area contributed by atoms with Crippen molar-refractivity contribution in [3.63, 3.8) is 0 Å². The summed E-state index contributed by atoms with van der Waals surface area (Å²) in [6, 6.07) is 9.80. The topological polar surface area (TPSA) is 74.3 Å². The van der Waals surface area contributed by atoms with E-state index in [2.05, 4.69) is 15.6 Å². The highest BCUT2D eigenvalue weighted by molar-refractivity contribution is 7.13. The third-order valence-electron chi connectivity index (χ3n) is 4.00. The Labute approximate surface area is 144 Å². The van der Waals surface area contributed by atoms with Gasteiger partial charge >= 0.3 is 6.03 Å². The van der Waals surface area contributed by atoms with Crippen LogP contribution in [0, 0.1) is 0 Å². The summed E-state index contributed by atoms with van der Waals surface area (Å²) in [5, 5.41) is 6.06. The number of amides is 3. The van der Waals surface area contributed by atoms with Gasteiger partial charge in [0.2, 0.25) is 0 Å². The Hall–Kier alpha value is -2.41. The molecule has 0 spiro atoms. The molecule has 0 unspecified atom stereocenters. The molecule has 0 fully saturated rings. The molecule has 0 radical (unpaired) electrons. The number of benzene rings is 1. The monoisotopic (exact) mass is 344 g/mol. The molecule has 2 aromatic rings. The average Bonchev–Trinajstić information content (AvgIpc) is 2.93. The van der Waals surface area contributed by atoms with Crippen molar-refractivity contribution in [2.24, 2.45) is 0 Å². The lowest BCUT2D eigenvalue weighted by molar-refractivity contribution is 0.0962. The summed E-state index contributed by atoms with van der Waals surface area (Å²) >= 11 is 1.42. The maximum Gasteiger partial charge on any atom is 0.317 e. The number of carbonyl (C=O) groups is 2. The smallest absolute Gasteiger partial charge is 0.317 e. The molecular formula is C17H20N4O2S. The fourth-order valence-corrected chi connectivity index (χ4v) is 3.70. The lowest BCUT2D eigenvalue weighted by Gasteiger charge is -2.20. The Kier molecular flexibility index (Phi) is 5.10. The summed E-state index contributed by atoms with van der Waals surface area (Å²) in [4.78, 5) is 31.4. The van der Waals surface area contributed by atoms with E-state index >= 15 is 0 Å². The van der Waals surface area contributed by atoms with Crippen molar-refractivity contribution in [2.75, 3.05) is 20.1 Å². The lowest BCUT2D eigenvalue weighted by atomic mass is 10.2. The molecule has 1 aromatic heterocycles. The van der Waals surface area contributed by atoms with Gasteiger partial charge in [0.1, 0.15) is 0 Å². The third-order valence-corrected chi connectivity index (χ3v) is 5.16. The molecule has 126 valence electrons. The van der Waals surface area contributed by atoms with Gasteiger partial charge in [-0.3, -0.25) is 4.79 Å². The van der Waals surface area contributed by atoms with Crippen molar-refractivity contribution in [1.82, 2.24) is 20.5 Å². The zero-order valence-electron chi connectivity index (χ0n) is 13.5. The first-order valence-corrected chi connectivity index (χ1v) is 8.76. The summed E-state index contributed by atoms with van der Waals surface area (Å²) in [6.07, 6.45) is 1.42. The van der Waals surface area contributed by atoms with E-state index in [1.807, 2.05) is 35.2 Å². The number of nitrogens with one attached hydrogen (secondary N) is 2. The number of nitrogens with zero attached hydrogens (tertiary/aromatic N) is 2. The Balaban J connectivity index is 1.57. The summed E-state index contributed by atoms with van der Waals surface area (Å²) in [5.41, 5.74) is 2.02. The van der Waals surface area contributed by atoms with Crippen molar-refractivity contribution in [2.45, 2.75) is 19.4 Å². The van der Waals surface area contributed by atoms with Crippen LogP contribution >= 0.6 is 11.3 Å². The quantitative estimate of drug-likeness (QED) is 0.892. The second-order valence-corrected chi connectivity index (χ2v) is 6.68. The van der Waals surface area contributed by atoms with Crippen LogP contribution in [0.25, 0.3) is 0 Å². The van der Waals surface area contributed by atoms with Gasteiger partial charge in [0.05, 0.1) is 5.69 Å². The Morgan fingerprint density at radius 3 is 2.71 bits per heavy atom. The first-order valence-electron chi connectivity index (χ1n) is 7.94. The van der Waals surface area contributed by atoms with Crippen molar-refractivity contribution < 1.29 is 9.59 Å². The maximum atomic E-state index is 12.4. The highest BCUT2D eigenvalue weighted by Crippen LogP contribution is 2.23. The second-order valence-electron chi connectivity index (χ2n) is 5.60. The zero-order chi connectivity index (χ0) is 16.9. The number of aromatic nitrogens is 1. The van der Waals surface area contributed by atoms with Gasteiger partial charge in [0, 0.05) is 44.4 Å². The van der Waals surface area contributed by atoms with Gasteiger partial charge in [0.15, 0.2) is 5.01 Å². The van der Waals surface area contributed by atoms with Crippen LogP contribution in [-0.2, 0) is 19.4 Å². The molecule has 3 rings (SSSR count). The number of hydrogen-bond acceptors (Lipinski definition) is 4. The summed E-state index contributed by atoms with van der Waals surface area (Å²) in [6.45, 7) is 1.78. The molecule has 6 nitrogen and oxygen atoms in total. The molecule has 0 saturated carbocycles. The van der Waals surface area contributed by atoms with E-state index in [0.717, 1.165) is 22.6 Å². The van der Waals surface area contributed by atoms with E-state index in [0.29, 0.717) is 31.1 Å². The number of rotatable bonds is 3. The lowest BCUT2D eigenvalue weighted by Crippen LogP contribution is -2.41. The molecule has 3 amide bonds. The van der Waals surface area contributed by atoms with E-state index in [4.69, 9.17) is 0 Å². The molecule has 2 N–H and O–H groups in total. The highest BCUT2D eigenvalue weighted by atomic mass is 32.1. The van der Waals surface area contributed by atoms with Gasteiger partial charge in [-0.15, -0.1) is 11.3 Å². The van der Waals surface area contributed by atoms with Crippen LogP contribution in [0.5, 0.6) is 0 Å². The Bertz CT molecular complexity index is 704. The number of thiazole rings is 1. The van der Waals surface area contributed by atoms with Crippen molar-refractivity contribution >= 4 is 23.3 Å². The Morgan fingerprint density at radius 2 is 1.96 bits per heavy atom. The molecule has 0 aliphatic carbocycles. The predicted molar refractivity (Wildman–Crippen MR) is 93.2 cm³/mol. The van der Waals surface area contributed by atoms with Crippen LogP contribution in [0.4, 0.5) is 4.79 Å². The predicted octanol–water partition coefficient (Wildman–Crippen LogP) is 1.81. The second kappa shape index (κ2) is 7.44. The van der Waals surface area contributed by atoms with Crippen molar-refractivity contribution in [1.29, 1.82) is 0 Å². The number of carbonyl (C=O) groups excluding carboxylic acids is 2. The molecule has 0 bridgehead atoms. The highest BCUT2D eigenvalue weighted by Gasteiger charge is 2.22. The number of fused-ring (bicyclic) bond motifs is 1. The van der Waals surface area contributed by atoms with Crippen molar-refractivity contribution in [3.8, 4) is 0 Å². The maximum absolute atomic E-state index is 12.4. The summed E-state index contributed by atoms with van der Waals surface area (Å²) < 4.78 is 0. The van der Waals surface area contributed by atoms with Crippen LogP contribution in [0.15, 0.2) is 30.3 Å². The molecule has 1 aliphatic rings. The molecule has 2 heterocycles. The largest absolute Gasteiger partial charge is 0.353 e. The van der Waals surface area contributed by atoms with Gasteiger partial charge in [0.25, 0.3) is 5.91 Å². The van der Waals surface area contributed by atoms with Crippen LogP contribution < -0.4 is 10.6 Å². The van der Waals surface area contributed by atoms with Crippen LogP contribution in [0.1, 0.15) is 25.9 Å². The van der Waals surface area contributed by atoms with E-state index in [1.165, 1.54) is 11.3 Å². The molecule has 0 saturated heterocycles. The van der Waals surface area contributed by atoms with Crippen molar-refractivity contribution in [3.05, 3.63) is 51.5 Å². The molecular weight excluding hydrogens is 324 g/mol. The van der Waals surface area contributed by atoms with E-state index in [-0.39, 0.29) is 11.9 Å². The molecule has 7 heteroatoms. The third kappa shape index (κ3) is 3.73. The van der Waals surface area contributed by atoms with E-state index in [9.17, 15) is 9.59 Å². The zero-order valence-corrected chi connectivity index (χ0v) is 14.4. The average molecular weight is 344 g/mol. The molecule has 1 aromatic carbocycles. The SMILES string of the molecule is CNC(=O)c1nc2c(s1)CCN(C(=O)NCc1ccccc1)CC2. The number of urea groups is 1. The minimum absolute atomic E-state index is 0.0551. The van der Waals surface area contributed by atoms with E-state index in [1.54, 1.807) is 7.05 Å². The van der Waals surface area contributed by atoms with Gasteiger partial charge in [-0.05, 0) is 5.56 Å². The molecule has 1 aliphatic heterocycles. The van der Waals surface area contributed by atoms with Crippen LogP contribution in [0.3, 0.4) is 0 Å². The van der Waals surface area contributed by atoms with Gasteiger partial charge in [-0.1, -0.05) is 30.3 Å². The fraction of sp³-hybridized carbons (Fsp3) is 0.353. The molecule has 0 atom stereocenters. The van der Waals surface area contributed by atoms with E-state index < -0.39 is 0 Å². The Morgan fingerprint density at radius 1 is 1.21 bits per heavy atom. The van der Waals surface area contributed by atoms with Gasteiger partial charge in [-0.25, -0.2) is 9.78 Å².